The molecule has 2 aliphatic heterocycles. The van der Waals surface area contributed by atoms with Crippen LogP contribution >= 0.6 is 24.4 Å². The van der Waals surface area contributed by atoms with Crippen LogP contribution in [-0.4, -0.2) is 66.5 Å². The summed E-state index contributed by atoms with van der Waals surface area (Å²) < 4.78 is 18.8. The maximum Gasteiger partial charge on any atom is 0.272 e. The van der Waals surface area contributed by atoms with Gasteiger partial charge < -0.3 is 25.4 Å². The van der Waals surface area contributed by atoms with Crippen LogP contribution in [0.4, 0.5) is 10.1 Å². The number of nitrogens with zero attached hydrogens (tertiary/aromatic N) is 2. The van der Waals surface area contributed by atoms with E-state index in [1.807, 2.05) is 24.3 Å². The number of thiol groups is 1. The number of morpholine rings is 1. The van der Waals surface area contributed by atoms with Crippen LogP contribution in [0.1, 0.15) is 47.1 Å². The van der Waals surface area contributed by atoms with E-state index in [0.717, 1.165) is 11.1 Å². The second-order valence-electron chi connectivity index (χ2n) is 11.2. The maximum absolute atomic E-state index is 13.5. The van der Waals surface area contributed by atoms with E-state index in [-0.39, 0.29) is 23.0 Å². The highest BCUT2D eigenvalue weighted by molar-refractivity contribution is 8.02. The van der Waals surface area contributed by atoms with Crippen molar-refractivity contribution in [1.29, 1.82) is 0 Å². The Balaban J connectivity index is 1.42. The molecule has 0 aromatic heterocycles. The van der Waals surface area contributed by atoms with Gasteiger partial charge in [-0.05, 0) is 67.8 Å². The molecule has 3 N–H and O–H groups in total. The van der Waals surface area contributed by atoms with Gasteiger partial charge in [0, 0.05) is 58.5 Å². The molecular weight excluding hydrogens is 600 g/mol. The number of aliphatic hydroxyl groups is 1. The van der Waals surface area contributed by atoms with Crippen LogP contribution in [0.15, 0.2) is 81.7 Å². The van der Waals surface area contributed by atoms with E-state index in [4.69, 9.17) is 17.4 Å². The zero-order chi connectivity index (χ0) is 31.3. The second kappa shape index (κ2) is 14.0. The maximum atomic E-state index is 13.5. The van der Waals surface area contributed by atoms with Crippen molar-refractivity contribution < 1.29 is 23.8 Å². The molecule has 2 aliphatic rings. The van der Waals surface area contributed by atoms with Gasteiger partial charge in [0.2, 0.25) is 0 Å². The molecule has 3 aromatic rings. The molecule has 5 rings (SSSR count). The Labute approximate surface area is 266 Å². The molecule has 0 radical (unpaired) electrons. The molecule has 3 aromatic carbocycles. The third-order valence-electron chi connectivity index (χ3n) is 7.24. The summed E-state index contributed by atoms with van der Waals surface area (Å²) in [5.41, 5.74) is 3.57. The Bertz CT molecular complexity index is 1580. The summed E-state index contributed by atoms with van der Waals surface area (Å²) in [6, 6.07) is 17.1. The van der Waals surface area contributed by atoms with Crippen LogP contribution in [0.25, 0.3) is 11.1 Å². The molecule has 1 saturated heterocycles. The molecule has 1 fully saturated rings. The van der Waals surface area contributed by atoms with Crippen LogP contribution in [0, 0.1) is 5.82 Å². The summed E-state index contributed by atoms with van der Waals surface area (Å²) in [6.07, 6.45) is 2.17. The molecule has 2 amide bonds. The number of rotatable bonds is 9. The van der Waals surface area contributed by atoms with Crippen molar-refractivity contribution in [3.8, 4) is 11.1 Å². The van der Waals surface area contributed by atoms with Gasteiger partial charge in [-0.2, -0.15) is 0 Å². The quantitative estimate of drug-likeness (QED) is 0.179. The number of amides is 2. The van der Waals surface area contributed by atoms with E-state index >= 15 is 0 Å². The number of nitrogens with one attached hydrogen (secondary N) is 2. The average Bonchev–Trinajstić information content (AvgIpc) is 3.51. The Morgan fingerprint density at radius 2 is 1.93 bits per heavy atom. The Morgan fingerprint density at radius 1 is 1.18 bits per heavy atom. The summed E-state index contributed by atoms with van der Waals surface area (Å²) in [5, 5.41) is 17.8. The smallest absolute Gasteiger partial charge is 0.272 e. The SMILES string of the molecule is CC(C)(O)CCN=Cc1cc(NC(=O)C2=CSC(c3ccc(F)cc3)N2)c(-c2cccc(C(=O)N3CCOCC3)c2)cc1S. The number of carbonyl (C=O) groups excluding carboxylic acids is 2. The third kappa shape index (κ3) is 8.09. The fraction of sp³-hybridized carbons (Fsp3) is 0.303. The fourth-order valence-corrected chi connectivity index (χ4v) is 5.98. The van der Waals surface area contributed by atoms with E-state index in [2.05, 4.69) is 15.6 Å². The number of ether oxygens (including phenoxy) is 1. The summed E-state index contributed by atoms with van der Waals surface area (Å²) >= 11 is 6.14. The first-order valence-corrected chi connectivity index (χ1v) is 15.7. The van der Waals surface area contributed by atoms with Gasteiger partial charge in [0.05, 0.1) is 18.8 Å². The molecular formula is C33H35FN4O4S2. The monoisotopic (exact) mass is 634 g/mol. The van der Waals surface area contributed by atoms with Gasteiger partial charge in [0.25, 0.3) is 11.8 Å². The molecule has 0 bridgehead atoms. The van der Waals surface area contributed by atoms with Crippen molar-refractivity contribution in [3.63, 3.8) is 0 Å². The van der Waals surface area contributed by atoms with Crippen molar-refractivity contribution in [2.75, 3.05) is 38.2 Å². The fourth-order valence-electron chi connectivity index (χ4n) is 4.77. The van der Waals surface area contributed by atoms with E-state index in [1.54, 1.807) is 54.6 Å². The van der Waals surface area contributed by atoms with Crippen molar-refractivity contribution in [2.24, 2.45) is 4.99 Å². The topological polar surface area (TPSA) is 103 Å². The van der Waals surface area contributed by atoms with Crippen LogP contribution in [0.3, 0.4) is 0 Å². The predicted molar refractivity (Wildman–Crippen MR) is 176 cm³/mol. The van der Waals surface area contributed by atoms with E-state index in [1.165, 1.54) is 23.9 Å². The lowest BCUT2D eigenvalue weighted by atomic mass is 9.99. The van der Waals surface area contributed by atoms with Crippen LogP contribution < -0.4 is 10.6 Å². The van der Waals surface area contributed by atoms with Crippen molar-refractivity contribution in [2.45, 2.75) is 36.1 Å². The number of halogens is 1. The Hall–Kier alpha value is -3.64. The highest BCUT2D eigenvalue weighted by atomic mass is 32.2. The summed E-state index contributed by atoms with van der Waals surface area (Å²) in [4.78, 5) is 33.6. The van der Waals surface area contributed by atoms with Gasteiger partial charge in [-0.25, -0.2) is 4.39 Å². The van der Waals surface area contributed by atoms with Gasteiger partial charge in [-0.15, -0.1) is 24.4 Å². The molecule has 8 nitrogen and oxygen atoms in total. The molecule has 1 unspecified atom stereocenters. The highest BCUT2D eigenvalue weighted by Crippen LogP contribution is 2.36. The zero-order valence-corrected chi connectivity index (χ0v) is 26.3. The van der Waals surface area contributed by atoms with Gasteiger partial charge in [0.1, 0.15) is 16.9 Å². The number of hydrogen-bond donors (Lipinski definition) is 4. The first-order valence-electron chi connectivity index (χ1n) is 14.3. The highest BCUT2D eigenvalue weighted by Gasteiger charge is 2.25. The minimum absolute atomic E-state index is 0.0773. The molecule has 11 heteroatoms. The van der Waals surface area contributed by atoms with E-state index in [0.29, 0.717) is 72.2 Å². The minimum atomic E-state index is -0.834. The minimum Gasteiger partial charge on any atom is -0.390 e. The van der Waals surface area contributed by atoms with Crippen LogP contribution in [-0.2, 0) is 9.53 Å². The molecule has 44 heavy (non-hydrogen) atoms. The number of thioether (sulfide) groups is 1. The molecule has 0 saturated carbocycles. The van der Waals surface area contributed by atoms with E-state index < -0.39 is 5.60 Å². The van der Waals surface area contributed by atoms with E-state index in [9.17, 15) is 19.1 Å². The summed E-state index contributed by atoms with van der Waals surface area (Å²) in [7, 11) is 0. The molecule has 1 atom stereocenters. The van der Waals surface area contributed by atoms with Gasteiger partial charge in [-0.1, -0.05) is 24.3 Å². The van der Waals surface area contributed by atoms with Crippen LogP contribution in [0.2, 0.25) is 0 Å². The predicted octanol–water partition coefficient (Wildman–Crippen LogP) is 5.65. The zero-order valence-electron chi connectivity index (χ0n) is 24.5. The van der Waals surface area contributed by atoms with Gasteiger partial charge in [-0.3, -0.25) is 14.6 Å². The largest absolute Gasteiger partial charge is 0.390 e. The number of hydrogen-bond acceptors (Lipinski definition) is 8. The normalized spacial score (nSPS) is 17.0. The lowest BCUT2D eigenvalue weighted by Gasteiger charge is -2.27. The lowest BCUT2D eigenvalue weighted by Crippen LogP contribution is -2.40. The number of aliphatic imine (C=N–C) groups is 1. The Kier molecular flexibility index (Phi) is 10.1. The summed E-state index contributed by atoms with van der Waals surface area (Å²) in [6.45, 7) is 5.97. The molecule has 230 valence electrons. The van der Waals surface area contributed by atoms with Crippen LogP contribution in [0.5, 0.6) is 0 Å². The van der Waals surface area contributed by atoms with Crippen molar-refractivity contribution in [1.82, 2.24) is 10.2 Å². The Morgan fingerprint density at radius 3 is 2.66 bits per heavy atom. The number of benzene rings is 3. The van der Waals surface area contributed by atoms with Crippen molar-refractivity contribution >= 4 is 48.1 Å². The third-order valence-corrected chi connectivity index (χ3v) is 8.66. The molecule has 0 aliphatic carbocycles. The number of anilines is 1. The first-order chi connectivity index (χ1) is 21.1. The lowest BCUT2D eigenvalue weighted by molar-refractivity contribution is -0.113. The standard InChI is InChI=1S/C33H35FN4O4S2/c1-33(2,41)10-11-35-19-24-17-27(36-30(39)28-20-44-31(37-28)21-6-8-25(34)9-7-21)26(18-29(24)43)22-4-3-5-23(16-22)32(40)38-12-14-42-15-13-38/h3-9,16-20,31,37,41,43H,10-15H2,1-2H3,(H,36,39). The molecule has 0 spiro atoms. The number of carbonyl (C=O) groups is 2. The second-order valence-corrected chi connectivity index (χ2v) is 12.7. The first kappa shape index (κ1) is 31.8. The van der Waals surface area contributed by atoms with Gasteiger partial charge >= 0.3 is 0 Å². The molecule has 2 heterocycles. The average molecular weight is 635 g/mol. The summed E-state index contributed by atoms with van der Waals surface area (Å²) in [5.74, 6) is -0.745. The van der Waals surface area contributed by atoms with Gasteiger partial charge in [0.15, 0.2) is 0 Å². The van der Waals surface area contributed by atoms with Crippen molar-refractivity contribution in [3.05, 3.63) is 94.3 Å².